The Bertz CT molecular complexity index is 810. The average molecular weight is 366 g/mol. The van der Waals surface area contributed by atoms with Gasteiger partial charge in [0.1, 0.15) is 5.82 Å². The molecule has 25 heavy (non-hydrogen) atoms. The van der Waals surface area contributed by atoms with Gasteiger partial charge in [-0.2, -0.15) is 0 Å². The molecule has 0 fully saturated rings. The molecule has 0 bridgehead atoms. The highest BCUT2D eigenvalue weighted by molar-refractivity contribution is 6.34. The number of hydrogen-bond acceptors (Lipinski definition) is 4. The number of nitro groups is 1. The number of hydrogen-bond donors (Lipinski definition) is 1. The third-order valence-electron chi connectivity index (χ3n) is 3.72. The van der Waals surface area contributed by atoms with Gasteiger partial charge in [-0.3, -0.25) is 14.9 Å². The van der Waals surface area contributed by atoms with E-state index in [1.54, 1.807) is 6.07 Å². The number of nitrogens with zero attached hydrogens (tertiary/aromatic N) is 2. The van der Waals surface area contributed by atoms with Crippen LogP contribution in [-0.4, -0.2) is 23.9 Å². The maximum atomic E-state index is 13.1. The van der Waals surface area contributed by atoms with Crippen molar-refractivity contribution < 1.29 is 14.1 Å². The number of rotatable bonds is 6. The van der Waals surface area contributed by atoms with Crippen molar-refractivity contribution in [1.82, 2.24) is 0 Å². The molecule has 132 valence electrons. The molecule has 0 aliphatic heterocycles. The second kappa shape index (κ2) is 7.94. The smallest absolute Gasteiger partial charge is 0.270 e. The lowest BCUT2D eigenvalue weighted by Crippen LogP contribution is -2.25. The topological polar surface area (TPSA) is 75.5 Å². The van der Waals surface area contributed by atoms with E-state index in [9.17, 15) is 19.3 Å². The number of benzene rings is 2. The zero-order valence-electron chi connectivity index (χ0n) is 13.8. The summed E-state index contributed by atoms with van der Waals surface area (Å²) < 4.78 is 13.1. The van der Waals surface area contributed by atoms with E-state index < -0.39 is 16.6 Å². The van der Waals surface area contributed by atoms with E-state index in [0.717, 1.165) is 6.07 Å². The van der Waals surface area contributed by atoms with Gasteiger partial charge in [-0.15, -0.1) is 0 Å². The van der Waals surface area contributed by atoms with Crippen molar-refractivity contribution >= 4 is 34.6 Å². The van der Waals surface area contributed by atoms with Crippen molar-refractivity contribution in [3.05, 3.63) is 62.9 Å². The minimum atomic E-state index is -0.562. The first kappa shape index (κ1) is 18.7. The van der Waals surface area contributed by atoms with Crippen molar-refractivity contribution in [2.45, 2.75) is 13.8 Å². The predicted octanol–water partition coefficient (Wildman–Crippen LogP) is 4.49. The summed E-state index contributed by atoms with van der Waals surface area (Å²) in [5.74, 6) is -1.08. The second-order valence-corrected chi connectivity index (χ2v) is 5.62. The Kier molecular flexibility index (Phi) is 5.93. The summed E-state index contributed by atoms with van der Waals surface area (Å²) in [4.78, 5) is 25.1. The minimum Gasteiger partial charge on any atom is -0.371 e. The monoisotopic (exact) mass is 365 g/mol. The molecule has 2 aromatic rings. The summed E-state index contributed by atoms with van der Waals surface area (Å²) in [6, 6.07) is 7.71. The van der Waals surface area contributed by atoms with Crippen molar-refractivity contribution in [2.24, 2.45) is 0 Å². The summed E-state index contributed by atoms with van der Waals surface area (Å²) in [5.41, 5.74) is 0.765. The van der Waals surface area contributed by atoms with E-state index in [1.807, 2.05) is 18.7 Å². The number of amides is 1. The van der Waals surface area contributed by atoms with Gasteiger partial charge < -0.3 is 10.2 Å². The molecule has 0 saturated carbocycles. The Hall–Kier alpha value is -2.67. The molecule has 0 atom stereocenters. The van der Waals surface area contributed by atoms with Crippen LogP contribution in [0.25, 0.3) is 0 Å². The van der Waals surface area contributed by atoms with Crippen LogP contribution >= 0.6 is 11.6 Å². The molecule has 0 aliphatic rings. The first-order chi connectivity index (χ1) is 11.9. The van der Waals surface area contributed by atoms with E-state index in [1.165, 1.54) is 24.3 Å². The minimum absolute atomic E-state index is 0.0446. The van der Waals surface area contributed by atoms with Crippen LogP contribution < -0.4 is 10.2 Å². The lowest BCUT2D eigenvalue weighted by atomic mass is 10.1. The van der Waals surface area contributed by atoms with Gasteiger partial charge in [0.05, 0.1) is 26.9 Å². The predicted molar refractivity (Wildman–Crippen MR) is 96.0 cm³/mol. The van der Waals surface area contributed by atoms with Gasteiger partial charge in [-0.1, -0.05) is 11.6 Å². The van der Waals surface area contributed by atoms with Gasteiger partial charge in [0.25, 0.3) is 11.6 Å². The average Bonchev–Trinajstić information content (AvgIpc) is 2.58. The largest absolute Gasteiger partial charge is 0.371 e. The Labute approximate surface area is 149 Å². The second-order valence-electron chi connectivity index (χ2n) is 5.21. The van der Waals surface area contributed by atoms with Crippen LogP contribution in [0.5, 0.6) is 0 Å². The van der Waals surface area contributed by atoms with Crippen LogP contribution in [-0.2, 0) is 0 Å². The molecule has 6 nitrogen and oxygen atoms in total. The molecule has 1 amide bonds. The van der Waals surface area contributed by atoms with Gasteiger partial charge in [0, 0.05) is 25.2 Å². The summed E-state index contributed by atoms with van der Waals surface area (Å²) in [7, 11) is 0. The number of nitrogens with one attached hydrogen (secondary N) is 1. The first-order valence-electron chi connectivity index (χ1n) is 7.67. The summed E-state index contributed by atoms with van der Waals surface area (Å²) in [6.45, 7) is 5.10. The van der Waals surface area contributed by atoms with Crippen molar-refractivity contribution in [3.63, 3.8) is 0 Å². The fraction of sp³-hybridized carbons (Fsp3) is 0.235. The van der Waals surface area contributed by atoms with E-state index in [4.69, 9.17) is 11.6 Å². The number of carbonyl (C=O) groups excluding carboxylic acids is 1. The number of halogens is 2. The highest BCUT2D eigenvalue weighted by Crippen LogP contribution is 2.28. The molecule has 1 N–H and O–H groups in total. The highest BCUT2D eigenvalue weighted by Gasteiger charge is 2.20. The quantitative estimate of drug-likeness (QED) is 0.604. The maximum Gasteiger partial charge on any atom is 0.270 e. The standard InChI is InChI=1S/C17H17ClFN3O3/c1-3-21(4-2)16-8-6-12(22(24)25)10-13(16)17(23)20-15-7-5-11(19)9-14(15)18/h5-10H,3-4H2,1-2H3,(H,20,23). The molecule has 0 spiro atoms. The van der Waals surface area contributed by atoms with Gasteiger partial charge in [0.2, 0.25) is 0 Å². The number of nitro benzene ring substituents is 1. The SMILES string of the molecule is CCN(CC)c1ccc([N+](=O)[O-])cc1C(=O)Nc1ccc(F)cc1Cl. The lowest BCUT2D eigenvalue weighted by molar-refractivity contribution is -0.384. The molecule has 2 aromatic carbocycles. The Morgan fingerprint density at radius 3 is 2.48 bits per heavy atom. The highest BCUT2D eigenvalue weighted by atomic mass is 35.5. The van der Waals surface area contributed by atoms with Crippen molar-refractivity contribution in [3.8, 4) is 0 Å². The van der Waals surface area contributed by atoms with Gasteiger partial charge in [-0.05, 0) is 38.1 Å². The van der Waals surface area contributed by atoms with Crippen LogP contribution in [0.2, 0.25) is 5.02 Å². The summed E-state index contributed by atoms with van der Waals surface area (Å²) >= 11 is 5.93. The van der Waals surface area contributed by atoms with E-state index in [2.05, 4.69) is 5.32 Å². The number of anilines is 2. The van der Waals surface area contributed by atoms with Crippen molar-refractivity contribution in [2.75, 3.05) is 23.3 Å². The van der Waals surface area contributed by atoms with Gasteiger partial charge in [0.15, 0.2) is 0 Å². The lowest BCUT2D eigenvalue weighted by Gasteiger charge is -2.23. The number of non-ortho nitro benzene ring substituents is 1. The van der Waals surface area contributed by atoms with Crippen LogP contribution in [0.15, 0.2) is 36.4 Å². The molecule has 0 saturated heterocycles. The Balaban J connectivity index is 2.44. The normalized spacial score (nSPS) is 10.4. The fourth-order valence-electron chi connectivity index (χ4n) is 2.44. The van der Waals surface area contributed by atoms with E-state index in [-0.39, 0.29) is 22.0 Å². The summed E-state index contributed by atoms with van der Waals surface area (Å²) in [5, 5.41) is 13.7. The Morgan fingerprint density at radius 2 is 1.92 bits per heavy atom. The third-order valence-corrected chi connectivity index (χ3v) is 4.03. The number of carbonyl (C=O) groups is 1. The van der Waals surface area contributed by atoms with Gasteiger partial charge in [-0.25, -0.2) is 4.39 Å². The zero-order valence-corrected chi connectivity index (χ0v) is 14.5. The molecular weight excluding hydrogens is 349 g/mol. The van der Waals surface area contributed by atoms with Crippen molar-refractivity contribution in [1.29, 1.82) is 0 Å². The van der Waals surface area contributed by atoms with Crippen LogP contribution in [0, 0.1) is 15.9 Å². The zero-order chi connectivity index (χ0) is 18.6. The van der Waals surface area contributed by atoms with E-state index in [0.29, 0.717) is 18.8 Å². The van der Waals surface area contributed by atoms with Crippen LogP contribution in [0.3, 0.4) is 0 Å². The van der Waals surface area contributed by atoms with Crippen LogP contribution in [0.1, 0.15) is 24.2 Å². The molecule has 8 heteroatoms. The molecule has 0 aromatic heterocycles. The molecule has 0 heterocycles. The summed E-state index contributed by atoms with van der Waals surface area (Å²) in [6.07, 6.45) is 0. The maximum absolute atomic E-state index is 13.1. The van der Waals surface area contributed by atoms with Gasteiger partial charge >= 0.3 is 0 Å². The molecule has 2 rings (SSSR count). The third kappa shape index (κ3) is 4.24. The molecule has 0 radical (unpaired) electrons. The van der Waals surface area contributed by atoms with E-state index >= 15 is 0 Å². The molecule has 0 unspecified atom stereocenters. The van der Waals surface area contributed by atoms with Crippen LogP contribution in [0.4, 0.5) is 21.5 Å². The fourth-order valence-corrected chi connectivity index (χ4v) is 2.65. The molecular formula is C17H17ClFN3O3. The Morgan fingerprint density at radius 1 is 1.24 bits per heavy atom. The first-order valence-corrected chi connectivity index (χ1v) is 8.05. The molecule has 0 aliphatic carbocycles.